The molecule has 1 aliphatic rings. The van der Waals surface area contributed by atoms with Gasteiger partial charge in [-0.2, -0.15) is 15.1 Å². The highest BCUT2D eigenvalue weighted by atomic mass is 35.5. The Balaban J connectivity index is 1.62. The number of ether oxygens (including phenoxy) is 1. The van der Waals surface area contributed by atoms with Gasteiger partial charge < -0.3 is 10.1 Å². The standard InChI is InChI=1S/C18H19Cl2N5O/c1-2-13-6-7-15(26-13)25-17-14(10-22-25)16(23-18(20)24-17)21-9-11-4-3-5-12(19)8-11/h3-5,8,10,13,15H,2,6-7,9H2,1H3,(H,21,23,24). The number of nitrogens with zero attached hydrogens (tertiary/aromatic N) is 4. The Kier molecular flexibility index (Phi) is 4.98. The molecule has 4 rings (SSSR count). The van der Waals surface area contributed by atoms with Gasteiger partial charge in [-0.15, -0.1) is 0 Å². The number of benzene rings is 1. The average Bonchev–Trinajstić information content (AvgIpc) is 3.26. The number of halogens is 2. The summed E-state index contributed by atoms with van der Waals surface area (Å²) < 4.78 is 7.86. The molecule has 1 N–H and O–H groups in total. The van der Waals surface area contributed by atoms with Gasteiger partial charge in [0.15, 0.2) is 11.9 Å². The molecule has 26 heavy (non-hydrogen) atoms. The number of hydrogen-bond donors (Lipinski definition) is 1. The quantitative estimate of drug-likeness (QED) is 0.630. The Morgan fingerprint density at radius 1 is 1.27 bits per heavy atom. The van der Waals surface area contributed by atoms with E-state index in [9.17, 15) is 0 Å². The van der Waals surface area contributed by atoms with Crippen LogP contribution in [-0.2, 0) is 11.3 Å². The molecular formula is C18H19Cl2N5O. The summed E-state index contributed by atoms with van der Waals surface area (Å²) >= 11 is 12.2. The summed E-state index contributed by atoms with van der Waals surface area (Å²) in [5, 5.41) is 9.49. The van der Waals surface area contributed by atoms with E-state index in [0.717, 1.165) is 30.2 Å². The van der Waals surface area contributed by atoms with Gasteiger partial charge >= 0.3 is 0 Å². The maximum atomic E-state index is 6.16. The fraction of sp³-hybridized carbons (Fsp3) is 0.389. The Hall–Kier alpha value is -1.89. The molecule has 6 nitrogen and oxygen atoms in total. The van der Waals surface area contributed by atoms with Crippen molar-refractivity contribution in [2.75, 3.05) is 5.32 Å². The normalized spacial score (nSPS) is 20.0. The van der Waals surface area contributed by atoms with Crippen molar-refractivity contribution in [1.29, 1.82) is 0 Å². The van der Waals surface area contributed by atoms with E-state index in [1.807, 2.05) is 28.9 Å². The van der Waals surface area contributed by atoms with E-state index in [-0.39, 0.29) is 17.6 Å². The van der Waals surface area contributed by atoms with Crippen LogP contribution in [0.5, 0.6) is 0 Å². The molecule has 0 saturated carbocycles. The zero-order valence-electron chi connectivity index (χ0n) is 14.3. The smallest absolute Gasteiger partial charge is 0.226 e. The van der Waals surface area contributed by atoms with Crippen LogP contribution in [0.2, 0.25) is 10.3 Å². The molecule has 0 amide bonds. The molecule has 1 aromatic carbocycles. The van der Waals surface area contributed by atoms with E-state index in [0.29, 0.717) is 23.0 Å². The maximum absolute atomic E-state index is 6.16. The molecule has 136 valence electrons. The minimum absolute atomic E-state index is 0.107. The summed E-state index contributed by atoms with van der Waals surface area (Å²) in [6.45, 7) is 2.71. The van der Waals surface area contributed by atoms with Gasteiger partial charge in [0.05, 0.1) is 17.7 Å². The highest BCUT2D eigenvalue weighted by molar-refractivity contribution is 6.30. The summed E-state index contributed by atoms with van der Waals surface area (Å²) in [5.74, 6) is 0.649. The van der Waals surface area contributed by atoms with Crippen molar-refractivity contribution in [3.63, 3.8) is 0 Å². The Morgan fingerprint density at radius 3 is 2.92 bits per heavy atom. The van der Waals surface area contributed by atoms with Crippen molar-refractivity contribution in [1.82, 2.24) is 19.7 Å². The van der Waals surface area contributed by atoms with Gasteiger partial charge in [0.25, 0.3) is 0 Å². The van der Waals surface area contributed by atoms with E-state index in [1.54, 1.807) is 6.20 Å². The molecule has 1 aliphatic heterocycles. The van der Waals surface area contributed by atoms with Crippen molar-refractivity contribution in [2.24, 2.45) is 0 Å². The van der Waals surface area contributed by atoms with Gasteiger partial charge in [-0.25, -0.2) is 4.68 Å². The largest absolute Gasteiger partial charge is 0.365 e. The number of hydrogen-bond acceptors (Lipinski definition) is 5. The molecule has 8 heteroatoms. The van der Waals surface area contributed by atoms with E-state index in [1.165, 1.54) is 0 Å². The number of rotatable bonds is 5. The molecule has 2 atom stereocenters. The van der Waals surface area contributed by atoms with Gasteiger partial charge in [0.1, 0.15) is 5.82 Å². The molecule has 0 aliphatic carbocycles. The summed E-state index contributed by atoms with van der Waals surface area (Å²) in [6.07, 6.45) is 4.87. The van der Waals surface area contributed by atoms with E-state index >= 15 is 0 Å². The molecule has 1 fully saturated rings. The number of fused-ring (bicyclic) bond motifs is 1. The van der Waals surface area contributed by atoms with E-state index < -0.39 is 0 Å². The lowest BCUT2D eigenvalue weighted by atomic mass is 10.2. The van der Waals surface area contributed by atoms with Crippen molar-refractivity contribution in [3.05, 3.63) is 46.3 Å². The third kappa shape index (κ3) is 3.49. The lowest BCUT2D eigenvalue weighted by Gasteiger charge is -2.14. The second kappa shape index (κ2) is 7.39. The average molecular weight is 392 g/mol. The van der Waals surface area contributed by atoms with Crippen molar-refractivity contribution >= 4 is 40.1 Å². The Morgan fingerprint density at radius 2 is 2.15 bits per heavy atom. The number of nitrogens with one attached hydrogen (secondary N) is 1. The molecule has 3 aromatic rings. The summed E-state index contributed by atoms with van der Waals surface area (Å²) in [4.78, 5) is 8.70. The van der Waals surface area contributed by atoms with Crippen LogP contribution in [0.3, 0.4) is 0 Å². The highest BCUT2D eigenvalue weighted by Crippen LogP contribution is 2.33. The third-order valence-corrected chi connectivity index (χ3v) is 4.99. The first-order valence-electron chi connectivity index (χ1n) is 8.68. The van der Waals surface area contributed by atoms with Gasteiger partial charge in [-0.1, -0.05) is 30.7 Å². The first-order valence-corrected chi connectivity index (χ1v) is 9.44. The molecule has 3 heterocycles. The van der Waals surface area contributed by atoms with Crippen LogP contribution < -0.4 is 5.32 Å². The Bertz CT molecular complexity index is 929. The van der Waals surface area contributed by atoms with E-state index in [4.69, 9.17) is 27.9 Å². The second-order valence-corrected chi connectivity index (χ2v) is 7.12. The predicted molar refractivity (Wildman–Crippen MR) is 103 cm³/mol. The van der Waals surface area contributed by atoms with Crippen molar-refractivity contribution < 1.29 is 4.74 Å². The zero-order valence-corrected chi connectivity index (χ0v) is 15.8. The van der Waals surface area contributed by atoms with Gasteiger partial charge in [-0.3, -0.25) is 0 Å². The van der Waals surface area contributed by atoms with Crippen LogP contribution in [0.25, 0.3) is 11.0 Å². The maximum Gasteiger partial charge on any atom is 0.226 e. The fourth-order valence-electron chi connectivity index (χ4n) is 3.24. The zero-order chi connectivity index (χ0) is 18.1. The SMILES string of the molecule is CCC1CCC(n2ncc3c(NCc4cccc(Cl)c4)nc(Cl)nc32)O1. The molecule has 1 saturated heterocycles. The van der Waals surface area contributed by atoms with Crippen LogP contribution in [0, 0.1) is 0 Å². The molecular weight excluding hydrogens is 373 g/mol. The minimum Gasteiger partial charge on any atom is -0.365 e. The Labute approximate surface area is 161 Å². The lowest BCUT2D eigenvalue weighted by molar-refractivity contribution is -0.00403. The van der Waals surface area contributed by atoms with Crippen LogP contribution in [-0.4, -0.2) is 25.9 Å². The summed E-state index contributed by atoms with van der Waals surface area (Å²) in [5.41, 5.74) is 1.73. The van der Waals surface area contributed by atoms with Gasteiger partial charge in [0, 0.05) is 11.6 Å². The molecule has 0 bridgehead atoms. The minimum atomic E-state index is -0.107. The van der Waals surface area contributed by atoms with Crippen molar-refractivity contribution in [2.45, 2.75) is 45.1 Å². The van der Waals surface area contributed by atoms with Gasteiger partial charge in [-0.05, 0) is 48.6 Å². The molecule has 2 aromatic heterocycles. The second-order valence-electron chi connectivity index (χ2n) is 6.35. The van der Waals surface area contributed by atoms with Crippen molar-refractivity contribution in [3.8, 4) is 0 Å². The van der Waals surface area contributed by atoms with E-state index in [2.05, 4.69) is 27.3 Å². The van der Waals surface area contributed by atoms with Crippen LogP contribution >= 0.6 is 23.2 Å². The van der Waals surface area contributed by atoms with Crippen LogP contribution in [0.1, 0.15) is 38.0 Å². The molecule has 0 radical (unpaired) electrons. The number of anilines is 1. The highest BCUT2D eigenvalue weighted by Gasteiger charge is 2.28. The summed E-state index contributed by atoms with van der Waals surface area (Å²) in [7, 11) is 0. The van der Waals surface area contributed by atoms with Crippen LogP contribution in [0.15, 0.2) is 30.5 Å². The first-order chi connectivity index (χ1) is 12.6. The summed E-state index contributed by atoms with van der Waals surface area (Å²) in [6, 6.07) is 7.68. The predicted octanol–water partition coefficient (Wildman–Crippen LogP) is 4.83. The monoisotopic (exact) mass is 391 g/mol. The molecule has 0 spiro atoms. The first kappa shape index (κ1) is 17.5. The fourth-order valence-corrected chi connectivity index (χ4v) is 3.62. The molecule has 2 unspecified atom stereocenters. The van der Waals surface area contributed by atoms with Gasteiger partial charge in [0.2, 0.25) is 5.28 Å². The van der Waals surface area contributed by atoms with Crippen LogP contribution in [0.4, 0.5) is 5.82 Å². The third-order valence-electron chi connectivity index (χ3n) is 4.59. The topological polar surface area (TPSA) is 64.9 Å². The lowest BCUT2D eigenvalue weighted by Crippen LogP contribution is -2.12. The number of aromatic nitrogens is 4.